The number of carbonyl (C=O) groups is 1. The first-order valence-corrected chi connectivity index (χ1v) is 4.11. The van der Waals surface area contributed by atoms with Gasteiger partial charge in [-0.2, -0.15) is 5.26 Å². The average molecular weight is 215 g/mol. The van der Waals surface area contributed by atoms with Gasteiger partial charge in [-0.05, 0) is 11.6 Å². The molecule has 0 aliphatic carbocycles. The molecule has 0 saturated heterocycles. The number of nitriles is 1. The molecular formula is C8H4Cl2N2O. The van der Waals surface area contributed by atoms with Crippen LogP contribution in [0, 0.1) is 11.3 Å². The molecule has 0 saturated carbocycles. The number of halogens is 2. The Hall–Kier alpha value is -1.11. The first kappa shape index (κ1) is 9.97. The summed E-state index contributed by atoms with van der Waals surface area (Å²) in [6.07, 6.45) is 2.83. The van der Waals surface area contributed by atoms with Crippen molar-refractivity contribution in [1.29, 1.82) is 5.26 Å². The maximum Gasteiger partial charge on any atom is 0.255 e. The molecule has 3 nitrogen and oxygen atoms in total. The van der Waals surface area contributed by atoms with Crippen molar-refractivity contribution in [2.45, 2.75) is 6.42 Å². The molecule has 0 atom stereocenters. The number of carbonyl (C=O) groups excluding carboxylic acids is 1. The Balaban J connectivity index is 3.20. The van der Waals surface area contributed by atoms with Gasteiger partial charge in [0.25, 0.3) is 5.24 Å². The van der Waals surface area contributed by atoms with E-state index >= 15 is 0 Å². The van der Waals surface area contributed by atoms with Crippen molar-refractivity contribution in [2.24, 2.45) is 0 Å². The van der Waals surface area contributed by atoms with E-state index in [1.54, 1.807) is 0 Å². The van der Waals surface area contributed by atoms with E-state index < -0.39 is 5.24 Å². The number of hydrogen-bond donors (Lipinski definition) is 0. The Morgan fingerprint density at radius 1 is 1.62 bits per heavy atom. The van der Waals surface area contributed by atoms with Crippen LogP contribution < -0.4 is 0 Å². The number of aromatic nitrogens is 1. The van der Waals surface area contributed by atoms with E-state index in [-0.39, 0.29) is 17.0 Å². The molecule has 0 unspecified atom stereocenters. The van der Waals surface area contributed by atoms with Crippen LogP contribution in [-0.2, 0) is 6.42 Å². The quantitative estimate of drug-likeness (QED) is 0.710. The summed E-state index contributed by atoms with van der Waals surface area (Å²) in [7, 11) is 0. The zero-order chi connectivity index (χ0) is 9.84. The molecule has 0 aliphatic heterocycles. The van der Waals surface area contributed by atoms with Gasteiger partial charge in [0.15, 0.2) is 0 Å². The molecule has 0 aliphatic rings. The molecule has 0 radical (unpaired) electrons. The lowest BCUT2D eigenvalue weighted by molar-refractivity contribution is 0.108. The molecule has 0 bridgehead atoms. The molecule has 66 valence electrons. The van der Waals surface area contributed by atoms with E-state index in [0.717, 1.165) is 0 Å². The zero-order valence-electron chi connectivity index (χ0n) is 6.42. The second-order valence-corrected chi connectivity index (χ2v) is 2.99. The van der Waals surface area contributed by atoms with Crippen LogP contribution in [0.25, 0.3) is 0 Å². The van der Waals surface area contributed by atoms with Crippen molar-refractivity contribution in [3.05, 3.63) is 28.5 Å². The Morgan fingerprint density at radius 3 is 2.85 bits per heavy atom. The van der Waals surface area contributed by atoms with Crippen LogP contribution in [-0.4, -0.2) is 10.2 Å². The van der Waals surface area contributed by atoms with Crippen LogP contribution in [0.2, 0.25) is 5.02 Å². The highest BCUT2D eigenvalue weighted by Gasteiger charge is 2.11. The number of nitrogens with zero attached hydrogens (tertiary/aromatic N) is 2. The highest BCUT2D eigenvalue weighted by molar-refractivity contribution is 6.68. The van der Waals surface area contributed by atoms with Crippen molar-refractivity contribution in [3.63, 3.8) is 0 Å². The summed E-state index contributed by atoms with van der Waals surface area (Å²) >= 11 is 11.0. The predicted octanol–water partition coefficient (Wildman–Crippen LogP) is 2.18. The van der Waals surface area contributed by atoms with Crippen molar-refractivity contribution in [2.75, 3.05) is 0 Å². The van der Waals surface area contributed by atoms with Crippen molar-refractivity contribution < 1.29 is 4.79 Å². The number of pyridine rings is 1. The van der Waals surface area contributed by atoms with Gasteiger partial charge in [0.1, 0.15) is 0 Å². The first-order valence-electron chi connectivity index (χ1n) is 3.36. The summed E-state index contributed by atoms with van der Waals surface area (Å²) in [5.74, 6) is 0. The summed E-state index contributed by atoms with van der Waals surface area (Å²) in [4.78, 5) is 14.5. The van der Waals surface area contributed by atoms with E-state index in [0.29, 0.717) is 5.56 Å². The molecule has 0 fully saturated rings. The van der Waals surface area contributed by atoms with Gasteiger partial charge in [0, 0.05) is 18.0 Å². The molecule has 1 aromatic heterocycles. The van der Waals surface area contributed by atoms with Crippen LogP contribution in [0.5, 0.6) is 0 Å². The lowest BCUT2D eigenvalue weighted by Crippen LogP contribution is -1.96. The number of hydrogen-bond acceptors (Lipinski definition) is 3. The van der Waals surface area contributed by atoms with Gasteiger partial charge in [-0.1, -0.05) is 11.6 Å². The van der Waals surface area contributed by atoms with Gasteiger partial charge in [0.05, 0.1) is 23.1 Å². The van der Waals surface area contributed by atoms with Crippen molar-refractivity contribution >= 4 is 28.4 Å². The highest BCUT2D eigenvalue weighted by atomic mass is 35.5. The average Bonchev–Trinajstić information content (AvgIpc) is 2.08. The molecule has 0 spiro atoms. The van der Waals surface area contributed by atoms with Crippen LogP contribution >= 0.6 is 23.2 Å². The molecular weight excluding hydrogens is 211 g/mol. The summed E-state index contributed by atoms with van der Waals surface area (Å²) in [6, 6.07) is 1.91. The van der Waals surface area contributed by atoms with Gasteiger partial charge in [0.2, 0.25) is 0 Å². The normalized spacial score (nSPS) is 9.31. The first-order chi connectivity index (χ1) is 6.16. The Kier molecular flexibility index (Phi) is 3.24. The van der Waals surface area contributed by atoms with Crippen molar-refractivity contribution in [3.8, 4) is 6.07 Å². The van der Waals surface area contributed by atoms with Crippen LogP contribution in [0.4, 0.5) is 0 Å². The lowest BCUT2D eigenvalue weighted by Gasteiger charge is -2.01. The molecule has 1 rings (SSSR count). The Labute approximate surface area is 84.9 Å². The third-order valence-corrected chi connectivity index (χ3v) is 2.08. The van der Waals surface area contributed by atoms with E-state index in [9.17, 15) is 4.79 Å². The summed E-state index contributed by atoms with van der Waals surface area (Å²) in [5.41, 5.74) is 0.645. The second-order valence-electron chi connectivity index (χ2n) is 2.27. The van der Waals surface area contributed by atoms with Gasteiger partial charge in [-0.3, -0.25) is 9.78 Å². The maximum absolute atomic E-state index is 10.8. The van der Waals surface area contributed by atoms with Gasteiger partial charge in [-0.25, -0.2) is 0 Å². The monoisotopic (exact) mass is 214 g/mol. The summed E-state index contributed by atoms with van der Waals surface area (Å²) in [6.45, 7) is 0. The Morgan fingerprint density at radius 2 is 2.31 bits per heavy atom. The molecule has 5 heteroatoms. The topological polar surface area (TPSA) is 53.8 Å². The predicted molar refractivity (Wildman–Crippen MR) is 48.7 cm³/mol. The maximum atomic E-state index is 10.8. The fourth-order valence-electron chi connectivity index (χ4n) is 0.834. The third-order valence-electron chi connectivity index (χ3n) is 1.43. The Bertz CT molecular complexity index is 384. The standard InChI is InChI=1S/C8H4Cl2N2O/c9-7-5(1-2-11)3-12-4-6(7)8(10)13/h3-4H,1H2. The van der Waals surface area contributed by atoms with Gasteiger partial charge in [-0.15, -0.1) is 0 Å². The highest BCUT2D eigenvalue weighted by Crippen LogP contribution is 2.21. The van der Waals surface area contributed by atoms with Crippen LogP contribution in [0.15, 0.2) is 12.4 Å². The minimum absolute atomic E-state index is 0.115. The zero-order valence-corrected chi connectivity index (χ0v) is 7.93. The molecule has 0 N–H and O–H groups in total. The number of rotatable bonds is 2. The van der Waals surface area contributed by atoms with Gasteiger partial charge >= 0.3 is 0 Å². The molecule has 13 heavy (non-hydrogen) atoms. The minimum atomic E-state index is -0.669. The smallest absolute Gasteiger partial charge is 0.255 e. The fraction of sp³-hybridized carbons (Fsp3) is 0.125. The largest absolute Gasteiger partial charge is 0.275 e. The summed E-state index contributed by atoms with van der Waals surface area (Å²) in [5, 5.41) is 7.96. The van der Waals surface area contributed by atoms with E-state index in [1.165, 1.54) is 12.4 Å². The SMILES string of the molecule is N#CCc1cncc(C(=O)Cl)c1Cl. The minimum Gasteiger partial charge on any atom is -0.275 e. The van der Waals surface area contributed by atoms with E-state index in [1.807, 2.05) is 6.07 Å². The molecule has 0 aromatic carbocycles. The lowest BCUT2D eigenvalue weighted by atomic mass is 10.2. The summed E-state index contributed by atoms with van der Waals surface area (Å²) < 4.78 is 0. The third kappa shape index (κ3) is 2.18. The van der Waals surface area contributed by atoms with E-state index in [4.69, 9.17) is 28.5 Å². The molecule has 1 heterocycles. The van der Waals surface area contributed by atoms with Gasteiger partial charge < -0.3 is 0 Å². The molecule has 0 amide bonds. The second kappa shape index (κ2) is 4.22. The van der Waals surface area contributed by atoms with E-state index in [2.05, 4.69) is 4.98 Å². The molecule has 1 aromatic rings. The fourth-order valence-corrected chi connectivity index (χ4v) is 1.28. The van der Waals surface area contributed by atoms with Crippen LogP contribution in [0.1, 0.15) is 15.9 Å². The van der Waals surface area contributed by atoms with Crippen molar-refractivity contribution in [1.82, 2.24) is 4.98 Å². The van der Waals surface area contributed by atoms with Crippen LogP contribution in [0.3, 0.4) is 0 Å².